The van der Waals surface area contributed by atoms with Crippen LogP contribution in [-0.2, 0) is 17.6 Å². The van der Waals surface area contributed by atoms with Crippen LogP contribution in [-0.4, -0.2) is 16.1 Å². The smallest absolute Gasteiger partial charge is 0.303 e. The summed E-state index contributed by atoms with van der Waals surface area (Å²) in [5, 5.41) is 9.60. The highest BCUT2D eigenvalue weighted by Gasteiger charge is 2.07. The number of nitrogens with zero attached hydrogens (tertiary/aromatic N) is 1. The second-order valence-corrected chi connectivity index (χ2v) is 4.15. The lowest BCUT2D eigenvalue weighted by molar-refractivity contribution is -0.136. The first-order valence-electron chi connectivity index (χ1n) is 4.30. The molecule has 0 saturated heterocycles. The van der Waals surface area contributed by atoms with Crippen LogP contribution >= 0.6 is 11.3 Å². The van der Waals surface area contributed by atoms with E-state index in [-0.39, 0.29) is 6.42 Å². The van der Waals surface area contributed by atoms with Gasteiger partial charge in [0.05, 0.1) is 17.1 Å². The van der Waals surface area contributed by atoms with Crippen LogP contribution in [0.15, 0.2) is 0 Å². The van der Waals surface area contributed by atoms with Crippen molar-refractivity contribution < 1.29 is 9.90 Å². The van der Waals surface area contributed by atoms with Crippen molar-refractivity contribution in [1.82, 2.24) is 4.98 Å². The third kappa shape index (κ3) is 2.81. The third-order valence-corrected chi connectivity index (χ3v) is 2.97. The summed E-state index contributed by atoms with van der Waals surface area (Å²) in [7, 11) is 0. The van der Waals surface area contributed by atoms with E-state index in [2.05, 4.69) is 11.9 Å². The number of hydrogen-bond donors (Lipinski definition) is 1. The van der Waals surface area contributed by atoms with E-state index in [9.17, 15) is 4.79 Å². The molecule has 13 heavy (non-hydrogen) atoms. The molecule has 0 atom stereocenters. The van der Waals surface area contributed by atoms with E-state index in [1.807, 2.05) is 6.92 Å². The monoisotopic (exact) mass is 199 g/mol. The molecule has 72 valence electrons. The number of carboxylic acid groups (broad SMARTS) is 1. The Balaban J connectivity index is 2.65. The van der Waals surface area contributed by atoms with Crippen LogP contribution in [0.3, 0.4) is 0 Å². The zero-order valence-electron chi connectivity index (χ0n) is 7.83. The Hall–Kier alpha value is -0.900. The predicted molar refractivity (Wildman–Crippen MR) is 52.2 cm³/mol. The Bertz CT molecular complexity index is 307. The standard InChI is InChI=1S/C9H13NO2S/c1-3-8-10-7(6(2)13-8)4-5-9(11)12/h3-5H2,1-2H3,(H,11,12). The zero-order valence-corrected chi connectivity index (χ0v) is 8.65. The first-order chi connectivity index (χ1) is 6.13. The van der Waals surface area contributed by atoms with Gasteiger partial charge < -0.3 is 5.11 Å². The van der Waals surface area contributed by atoms with Crippen molar-refractivity contribution in [2.24, 2.45) is 0 Å². The van der Waals surface area contributed by atoms with Crippen LogP contribution in [0.2, 0.25) is 0 Å². The van der Waals surface area contributed by atoms with Crippen molar-refractivity contribution in [2.45, 2.75) is 33.1 Å². The van der Waals surface area contributed by atoms with Gasteiger partial charge in [-0.15, -0.1) is 11.3 Å². The lowest BCUT2D eigenvalue weighted by Gasteiger charge is -1.93. The number of aryl methyl sites for hydroxylation is 3. The summed E-state index contributed by atoms with van der Waals surface area (Å²) >= 11 is 1.66. The van der Waals surface area contributed by atoms with Crippen molar-refractivity contribution in [3.05, 3.63) is 15.6 Å². The fraction of sp³-hybridized carbons (Fsp3) is 0.556. The highest BCUT2D eigenvalue weighted by atomic mass is 32.1. The minimum absolute atomic E-state index is 0.174. The molecule has 0 aliphatic heterocycles. The van der Waals surface area contributed by atoms with Crippen LogP contribution in [0.5, 0.6) is 0 Å². The second kappa shape index (κ2) is 4.37. The molecule has 1 rings (SSSR count). The first kappa shape index (κ1) is 10.2. The maximum absolute atomic E-state index is 10.3. The van der Waals surface area contributed by atoms with Crippen molar-refractivity contribution in [2.75, 3.05) is 0 Å². The summed E-state index contributed by atoms with van der Waals surface area (Å²) in [5.74, 6) is -0.759. The molecule has 0 radical (unpaired) electrons. The SMILES string of the molecule is CCc1nc(CCC(=O)O)c(C)s1. The second-order valence-electron chi connectivity index (χ2n) is 2.86. The highest BCUT2D eigenvalue weighted by molar-refractivity contribution is 7.11. The normalized spacial score (nSPS) is 10.3. The molecule has 0 spiro atoms. The largest absolute Gasteiger partial charge is 0.481 e. The topological polar surface area (TPSA) is 50.2 Å². The van der Waals surface area contributed by atoms with Gasteiger partial charge in [0, 0.05) is 11.3 Å². The number of aromatic nitrogens is 1. The highest BCUT2D eigenvalue weighted by Crippen LogP contribution is 2.18. The number of thiazole rings is 1. The maximum Gasteiger partial charge on any atom is 0.303 e. The Morgan fingerprint density at radius 2 is 2.31 bits per heavy atom. The fourth-order valence-electron chi connectivity index (χ4n) is 1.10. The van der Waals surface area contributed by atoms with E-state index in [1.54, 1.807) is 11.3 Å². The molecule has 0 saturated carbocycles. The minimum atomic E-state index is -0.759. The van der Waals surface area contributed by atoms with Crippen LogP contribution in [0.25, 0.3) is 0 Å². The molecule has 0 bridgehead atoms. The van der Waals surface area contributed by atoms with E-state index >= 15 is 0 Å². The van der Waals surface area contributed by atoms with Crippen LogP contribution in [0.4, 0.5) is 0 Å². The van der Waals surface area contributed by atoms with Gasteiger partial charge in [-0.2, -0.15) is 0 Å². The summed E-state index contributed by atoms with van der Waals surface area (Å²) < 4.78 is 0. The summed E-state index contributed by atoms with van der Waals surface area (Å²) in [6, 6.07) is 0. The van der Waals surface area contributed by atoms with Gasteiger partial charge in [0.15, 0.2) is 0 Å². The molecule has 1 aromatic heterocycles. The average molecular weight is 199 g/mol. The van der Waals surface area contributed by atoms with E-state index in [1.165, 1.54) is 0 Å². The van der Waals surface area contributed by atoms with Gasteiger partial charge in [-0.05, 0) is 13.3 Å². The molecule has 0 unspecified atom stereocenters. The summed E-state index contributed by atoms with van der Waals surface area (Å²) in [6.45, 7) is 4.05. The van der Waals surface area contributed by atoms with E-state index in [4.69, 9.17) is 5.11 Å². The summed E-state index contributed by atoms with van der Waals surface area (Å²) in [5.41, 5.74) is 0.948. The van der Waals surface area contributed by atoms with Gasteiger partial charge in [-0.1, -0.05) is 6.92 Å². The third-order valence-electron chi connectivity index (χ3n) is 1.82. The molecular weight excluding hydrogens is 186 g/mol. The van der Waals surface area contributed by atoms with Gasteiger partial charge in [-0.3, -0.25) is 4.79 Å². The van der Waals surface area contributed by atoms with Crippen molar-refractivity contribution in [3.8, 4) is 0 Å². The molecule has 0 amide bonds. The molecular formula is C9H13NO2S. The Morgan fingerprint density at radius 1 is 1.62 bits per heavy atom. The lowest BCUT2D eigenvalue weighted by atomic mass is 10.2. The van der Waals surface area contributed by atoms with Crippen molar-refractivity contribution >= 4 is 17.3 Å². The maximum atomic E-state index is 10.3. The number of carboxylic acids is 1. The molecule has 0 aliphatic rings. The van der Waals surface area contributed by atoms with E-state index in [0.717, 1.165) is 22.0 Å². The van der Waals surface area contributed by atoms with Crippen LogP contribution < -0.4 is 0 Å². The molecule has 3 nitrogen and oxygen atoms in total. The average Bonchev–Trinajstić information content (AvgIpc) is 2.43. The number of rotatable bonds is 4. The van der Waals surface area contributed by atoms with Gasteiger partial charge in [0.25, 0.3) is 0 Å². The van der Waals surface area contributed by atoms with Crippen LogP contribution in [0.1, 0.15) is 28.9 Å². The number of carbonyl (C=O) groups is 1. The number of hydrogen-bond acceptors (Lipinski definition) is 3. The Morgan fingerprint density at radius 3 is 2.77 bits per heavy atom. The minimum Gasteiger partial charge on any atom is -0.481 e. The molecule has 1 N–H and O–H groups in total. The lowest BCUT2D eigenvalue weighted by Crippen LogP contribution is -1.98. The molecule has 0 aliphatic carbocycles. The first-order valence-corrected chi connectivity index (χ1v) is 5.12. The van der Waals surface area contributed by atoms with E-state index in [0.29, 0.717) is 6.42 Å². The molecule has 4 heteroatoms. The van der Waals surface area contributed by atoms with E-state index < -0.39 is 5.97 Å². The van der Waals surface area contributed by atoms with Gasteiger partial charge in [0.1, 0.15) is 0 Å². The quantitative estimate of drug-likeness (QED) is 0.807. The fourth-order valence-corrected chi connectivity index (χ4v) is 2.02. The molecule has 1 heterocycles. The summed E-state index contributed by atoms with van der Waals surface area (Å²) in [4.78, 5) is 15.8. The van der Waals surface area contributed by atoms with Crippen molar-refractivity contribution in [3.63, 3.8) is 0 Å². The van der Waals surface area contributed by atoms with Crippen LogP contribution in [0, 0.1) is 6.92 Å². The molecule has 0 fully saturated rings. The number of aliphatic carboxylic acids is 1. The van der Waals surface area contributed by atoms with Gasteiger partial charge in [0.2, 0.25) is 0 Å². The van der Waals surface area contributed by atoms with Gasteiger partial charge in [-0.25, -0.2) is 4.98 Å². The molecule has 1 aromatic rings. The Kier molecular flexibility index (Phi) is 3.42. The zero-order chi connectivity index (χ0) is 9.84. The predicted octanol–water partition coefficient (Wildman–Crippen LogP) is 2.03. The Labute approximate surface area is 81.4 Å². The molecule has 0 aromatic carbocycles. The van der Waals surface area contributed by atoms with Crippen molar-refractivity contribution in [1.29, 1.82) is 0 Å². The summed E-state index contributed by atoms with van der Waals surface area (Å²) in [6.07, 6.45) is 1.66. The van der Waals surface area contributed by atoms with Gasteiger partial charge >= 0.3 is 5.97 Å².